The maximum Gasteiger partial charge on any atom is 0.338 e. The standard InChI is InChI=1S/C30H33NO5/c1-3-4-7-21-14-28(33)26(29(34)15-21)18-31-17-23(25-8-5-6-9-27(25)31)16-24(32)19-36-30(35)22-12-10-20(2)11-13-22/h5-6,8-15,17,24,32-34H,3-4,7,16,18-19H2,1-2H3. The third-order valence-electron chi connectivity index (χ3n) is 6.43. The number of phenolic OH excluding ortho intramolecular Hbond substituents is 2. The van der Waals surface area contributed by atoms with Crippen molar-refractivity contribution in [2.24, 2.45) is 0 Å². The Labute approximate surface area is 211 Å². The van der Waals surface area contributed by atoms with E-state index in [1.54, 1.807) is 24.3 Å². The highest BCUT2D eigenvalue weighted by atomic mass is 16.5. The fraction of sp³-hybridized carbons (Fsp3) is 0.300. The molecule has 1 atom stereocenters. The molecule has 4 aromatic rings. The number of esters is 1. The third-order valence-corrected chi connectivity index (χ3v) is 6.43. The zero-order valence-corrected chi connectivity index (χ0v) is 20.8. The van der Waals surface area contributed by atoms with Gasteiger partial charge >= 0.3 is 5.97 Å². The third kappa shape index (κ3) is 5.89. The van der Waals surface area contributed by atoms with Crippen LogP contribution in [0.15, 0.2) is 66.9 Å². The van der Waals surface area contributed by atoms with Gasteiger partial charge in [-0.1, -0.05) is 49.2 Å². The minimum atomic E-state index is -0.877. The van der Waals surface area contributed by atoms with Crippen molar-refractivity contribution in [3.63, 3.8) is 0 Å². The number of nitrogens with zero attached hydrogens (tertiary/aromatic N) is 1. The second-order valence-corrected chi connectivity index (χ2v) is 9.34. The summed E-state index contributed by atoms with van der Waals surface area (Å²) >= 11 is 0. The number of aromatic nitrogens is 1. The van der Waals surface area contributed by atoms with Gasteiger partial charge in [-0.15, -0.1) is 0 Å². The average molecular weight is 488 g/mol. The van der Waals surface area contributed by atoms with E-state index in [1.165, 1.54) is 0 Å². The number of aromatic hydroxyl groups is 2. The first-order valence-corrected chi connectivity index (χ1v) is 12.4. The number of hydrogen-bond acceptors (Lipinski definition) is 5. The lowest BCUT2D eigenvalue weighted by molar-refractivity contribution is 0.0259. The van der Waals surface area contributed by atoms with Crippen molar-refractivity contribution in [2.45, 2.75) is 52.2 Å². The van der Waals surface area contributed by atoms with E-state index < -0.39 is 12.1 Å². The normalized spacial score (nSPS) is 12.1. The molecule has 6 heteroatoms. The summed E-state index contributed by atoms with van der Waals surface area (Å²) in [6, 6.07) is 18.3. The molecule has 0 radical (unpaired) electrons. The quantitative estimate of drug-likeness (QED) is 0.257. The smallest absolute Gasteiger partial charge is 0.338 e. The zero-order chi connectivity index (χ0) is 25.7. The Kier molecular flexibility index (Phi) is 7.96. The predicted octanol–water partition coefficient (Wildman–Crippen LogP) is 5.51. The first kappa shape index (κ1) is 25.3. The van der Waals surface area contributed by atoms with E-state index >= 15 is 0 Å². The number of carbonyl (C=O) groups excluding carboxylic acids is 1. The molecule has 1 heterocycles. The summed E-state index contributed by atoms with van der Waals surface area (Å²) in [6.07, 6.45) is 4.17. The highest BCUT2D eigenvalue weighted by Crippen LogP contribution is 2.32. The summed E-state index contributed by atoms with van der Waals surface area (Å²) in [5.41, 5.74) is 4.68. The van der Waals surface area contributed by atoms with Gasteiger partial charge in [-0.2, -0.15) is 0 Å². The number of hydrogen-bond donors (Lipinski definition) is 3. The lowest BCUT2D eigenvalue weighted by Crippen LogP contribution is -2.21. The van der Waals surface area contributed by atoms with Gasteiger partial charge in [0.25, 0.3) is 0 Å². The largest absolute Gasteiger partial charge is 0.507 e. The fourth-order valence-electron chi connectivity index (χ4n) is 4.43. The van der Waals surface area contributed by atoms with Crippen LogP contribution in [-0.4, -0.2) is 38.6 Å². The number of para-hydroxylation sites is 1. The molecular weight excluding hydrogens is 454 g/mol. The maximum atomic E-state index is 12.3. The number of phenols is 2. The van der Waals surface area contributed by atoms with Crippen LogP contribution in [0.25, 0.3) is 10.9 Å². The van der Waals surface area contributed by atoms with Crippen molar-refractivity contribution in [1.29, 1.82) is 0 Å². The van der Waals surface area contributed by atoms with E-state index in [-0.39, 0.29) is 24.7 Å². The molecule has 0 saturated heterocycles. The lowest BCUT2D eigenvalue weighted by Gasteiger charge is -2.12. The van der Waals surface area contributed by atoms with E-state index in [1.807, 2.05) is 54.1 Å². The van der Waals surface area contributed by atoms with Gasteiger partial charge < -0.3 is 24.6 Å². The van der Waals surface area contributed by atoms with Crippen molar-refractivity contribution in [3.05, 3.63) is 94.7 Å². The number of fused-ring (bicyclic) bond motifs is 1. The van der Waals surface area contributed by atoms with Crippen LogP contribution in [-0.2, 0) is 24.1 Å². The van der Waals surface area contributed by atoms with Gasteiger partial charge in [-0.3, -0.25) is 0 Å². The van der Waals surface area contributed by atoms with Crippen LogP contribution in [0, 0.1) is 6.92 Å². The van der Waals surface area contributed by atoms with Gasteiger partial charge in [0.1, 0.15) is 18.1 Å². The number of aryl methyl sites for hydroxylation is 2. The summed E-state index contributed by atoms with van der Waals surface area (Å²) in [5, 5.41) is 32.8. The first-order chi connectivity index (χ1) is 17.4. The molecule has 3 aromatic carbocycles. The van der Waals surface area contributed by atoms with Crippen LogP contribution in [0.1, 0.15) is 52.4 Å². The Morgan fingerprint density at radius 3 is 2.42 bits per heavy atom. The van der Waals surface area contributed by atoms with E-state index in [2.05, 4.69) is 6.92 Å². The topological polar surface area (TPSA) is 91.9 Å². The molecular formula is C30H33NO5. The van der Waals surface area contributed by atoms with Gasteiger partial charge in [0, 0.05) is 23.5 Å². The van der Waals surface area contributed by atoms with Crippen molar-refractivity contribution in [2.75, 3.05) is 6.61 Å². The van der Waals surface area contributed by atoms with Gasteiger partial charge in [0.15, 0.2) is 0 Å². The summed E-state index contributed by atoms with van der Waals surface area (Å²) in [6.45, 7) is 4.21. The number of aliphatic hydroxyl groups excluding tert-OH is 1. The fourth-order valence-corrected chi connectivity index (χ4v) is 4.43. The number of ether oxygens (including phenoxy) is 1. The van der Waals surface area contributed by atoms with Crippen molar-refractivity contribution >= 4 is 16.9 Å². The van der Waals surface area contributed by atoms with Crippen LogP contribution in [0.2, 0.25) is 0 Å². The van der Waals surface area contributed by atoms with Crippen molar-refractivity contribution in [1.82, 2.24) is 4.57 Å². The zero-order valence-electron chi connectivity index (χ0n) is 20.8. The second-order valence-electron chi connectivity index (χ2n) is 9.34. The number of aliphatic hydroxyl groups is 1. The van der Waals surface area contributed by atoms with Crippen molar-refractivity contribution in [3.8, 4) is 11.5 Å². The monoisotopic (exact) mass is 487 g/mol. The first-order valence-electron chi connectivity index (χ1n) is 12.4. The van der Waals surface area contributed by atoms with Crippen LogP contribution in [0.4, 0.5) is 0 Å². The molecule has 36 heavy (non-hydrogen) atoms. The minimum absolute atomic E-state index is 0.0727. The number of carbonyl (C=O) groups is 1. The van der Waals surface area contributed by atoms with Gasteiger partial charge in [-0.25, -0.2) is 4.79 Å². The van der Waals surface area contributed by atoms with E-state index in [9.17, 15) is 20.1 Å². The molecule has 188 valence electrons. The highest BCUT2D eigenvalue weighted by Gasteiger charge is 2.17. The molecule has 3 N–H and O–H groups in total. The van der Waals surface area contributed by atoms with E-state index in [0.717, 1.165) is 46.9 Å². The Hall–Kier alpha value is -3.77. The van der Waals surface area contributed by atoms with Gasteiger partial charge in [0.05, 0.1) is 23.8 Å². The molecule has 0 saturated carbocycles. The SMILES string of the molecule is CCCCc1cc(O)c(Cn2cc(CC(O)COC(=O)c3ccc(C)cc3)c3ccccc32)c(O)c1. The maximum absolute atomic E-state index is 12.3. The molecule has 0 aliphatic carbocycles. The lowest BCUT2D eigenvalue weighted by atomic mass is 10.0. The van der Waals surface area contributed by atoms with Gasteiger partial charge in [-0.05, 0) is 61.2 Å². The Morgan fingerprint density at radius 1 is 1.03 bits per heavy atom. The molecule has 6 nitrogen and oxygen atoms in total. The molecule has 0 bridgehead atoms. The average Bonchev–Trinajstić information content (AvgIpc) is 3.21. The van der Waals surface area contributed by atoms with Crippen LogP contribution in [0.3, 0.4) is 0 Å². The molecule has 1 unspecified atom stereocenters. The van der Waals surface area contributed by atoms with E-state index in [0.29, 0.717) is 17.5 Å². The Morgan fingerprint density at radius 2 is 1.72 bits per heavy atom. The molecule has 4 rings (SSSR count). The molecule has 0 spiro atoms. The number of unbranched alkanes of at least 4 members (excludes halogenated alkanes) is 1. The summed E-state index contributed by atoms with van der Waals surface area (Å²) in [7, 11) is 0. The molecule has 1 aromatic heterocycles. The minimum Gasteiger partial charge on any atom is -0.507 e. The Bertz CT molecular complexity index is 1320. The molecule has 0 amide bonds. The molecule has 0 aliphatic rings. The second kappa shape index (κ2) is 11.3. The number of benzene rings is 3. The molecule has 0 aliphatic heterocycles. The van der Waals surface area contributed by atoms with Crippen LogP contribution >= 0.6 is 0 Å². The van der Waals surface area contributed by atoms with E-state index in [4.69, 9.17) is 4.74 Å². The van der Waals surface area contributed by atoms with Crippen LogP contribution in [0.5, 0.6) is 11.5 Å². The summed E-state index contributed by atoms with van der Waals surface area (Å²) < 4.78 is 7.28. The van der Waals surface area contributed by atoms with Crippen molar-refractivity contribution < 1.29 is 24.9 Å². The van der Waals surface area contributed by atoms with Gasteiger partial charge in [0.2, 0.25) is 0 Å². The highest BCUT2D eigenvalue weighted by molar-refractivity contribution is 5.89. The number of rotatable bonds is 10. The Balaban J connectivity index is 1.49. The summed E-state index contributed by atoms with van der Waals surface area (Å²) in [4.78, 5) is 12.3. The summed E-state index contributed by atoms with van der Waals surface area (Å²) in [5.74, 6) is -0.322. The molecule has 0 fully saturated rings. The predicted molar refractivity (Wildman–Crippen MR) is 141 cm³/mol. The van der Waals surface area contributed by atoms with Crippen LogP contribution < -0.4 is 0 Å².